The number of alkyl halides is 6. The standard InChI is InChI=1S/C15H12ClF6NO2/c1-8(11(15(20,21)22)3-2-6-14(17,18)19)23-13(25)10-7-9(16)4-5-12(10)24/h2-5,7,24H,6H2,1H3,(H,23,25)/b3-2-,11-8-. The third kappa shape index (κ3) is 6.69. The number of amides is 1. The van der Waals surface area contributed by atoms with E-state index in [1.54, 1.807) is 0 Å². The Morgan fingerprint density at radius 1 is 1.24 bits per heavy atom. The number of allylic oxidation sites excluding steroid dienone is 4. The summed E-state index contributed by atoms with van der Waals surface area (Å²) in [5, 5.41) is 11.5. The molecule has 0 atom stereocenters. The highest BCUT2D eigenvalue weighted by atomic mass is 35.5. The van der Waals surface area contributed by atoms with Gasteiger partial charge in [0.05, 0.1) is 17.6 Å². The van der Waals surface area contributed by atoms with Crippen LogP contribution in [0.3, 0.4) is 0 Å². The largest absolute Gasteiger partial charge is 0.507 e. The first-order valence-corrected chi connectivity index (χ1v) is 7.00. The van der Waals surface area contributed by atoms with E-state index in [-0.39, 0.29) is 16.7 Å². The lowest BCUT2D eigenvalue weighted by Crippen LogP contribution is -2.26. The number of rotatable bonds is 4. The smallest absolute Gasteiger partial charge is 0.418 e. The molecule has 0 aliphatic rings. The second-order valence-electron chi connectivity index (χ2n) is 4.87. The van der Waals surface area contributed by atoms with Gasteiger partial charge in [-0.3, -0.25) is 4.79 Å². The van der Waals surface area contributed by atoms with Crippen LogP contribution in [0.5, 0.6) is 5.75 Å². The maximum absolute atomic E-state index is 13.0. The fourth-order valence-corrected chi connectivity index (χ4v) is 1.91. The van der Waals surface area contributed by atoms with E-state index in [1.165, 1.54) is 6.07 Å². The molecule has 0 spiro atoms. The van der Waals surface area contributed by atoms with Gasteiger partial charge in [0.2, 0.25) is 0 Å². The molecule has 3 nitrogen and oxygen atoms in total. The molecule has 0 saturated carbocycles. The molecular formula is C15H12ClF6NO2. The molecule has 0 fully saturated rings. The van der Waals surface area contributed by atoms with Crippen LogP contribution in [0.4, 0.5) is 26.3 Å². The number of hydrogen-bond donors (Lipinski definition) is 2. The van der Waals surface area contributed by atoms with Gasteiger partial charge in [-0.1, -0.05) is 23.8 Å². The fraction of sp³-hybridized carbons (Fsp3) is 0.267. The molecule has 0 aromatic heterocycles. The maximum Gasteiger partial charge on any atom is 0.418 e. The van der Waals surface area contributed by atoms with Crippen molar-refractivity contribution in [3.8, 4) is 5.75 Å². The average Bonchev–Trinajstić information content (AvgIpc) is 2.43. The van der Waals surface area contributed by atoms with Gasteiger partial charge in [-0.25, -0.2) is 0 Å². The molecule has 0 heterocycles. The predicted molar refractivity (Wildman–Crippen MR) is 79.2 cm³/mol. The zero-order valence-electron chi connectivity index (χ0n) is 12.6. The molecule has 10 heteroatoms. The molecule has 1 rings (SSSR count). The lowest BCUT2D eigenvalue weighted by atomic mass is 10.1. The molecule has 0 aliphatic carbocycles. The normalized spacial score (nSPS) is 13.8. The second kappa shape index (κ2) is 7.81. The van der Waals surface area contributed by atoms with Crippen molar-refractivity contribution in [2.24, 2.45) is 0 Å². The molecule has 25 heavy (non-hydrogen) atoms. The first-order chi connectivity index (χ1) is 11.3. The molecule has 138 valence electrons. The molecule has 1 aromatic carbocycles. The zero-order valence-corrected chi connectivity index (χ0v) is 13.4. The Morgan fingerprint density at radius 2 is 1.84 bits per heavy atom. The number of phenolic OH excluding ortho intramolecular Hbond substituents is 1. The van der Waals surface area contributed by atoms with Crippen LogP contribution in [0.2, 0.25) is 5.02 Å². The van der Waals surface area contributed by atoms with Crippen molar-refractivity contribution in [3.05, 3.63) is 52.2 Å². The van der Waals surface area contributed by atoms with Gasteiger partial charge >= 0.3 is 12.4 Å². The SMILES string of the molecule is C/C(NC(=O)c1cc(Cl)ccc1O)=C(\C=C/CC(F)(F)F)C(F)(F)F. The van der Waals surface area contributed by atoms with Crippen LogP contribution in [0.1, 0.15) is 23.7 Å². The Labute approximate surface area is 143 Å². The molecule has 0 bridgehead atoms. The van der Waals surface area contributed by atoms with Gasteiger partial charge < -0.3 is 10.4 Å². The lowest BCUT2D eigenvalue weighted by Gasteiger charge is -2.14. The number of hydrogen-bond acceptors (Lipinski definition) is 2. The molecular weight excluding hydrogens is 376 g/mol. The van der Waals surface area contributed by atoms with Crippen molar-refractivity contribution in [2.75, 3.05) is 0 Å². The number of benzene rings is 1. The van der Waals surface area contributed by atoms with Crippen molar-refractivity contribution in [1.29, 1.82) is 0 Å². The van der Waals surface area contributed by atoms with Crippen LogP contribution >= 0.6 is 11.6 Å². The minimum absolute atomic E-state index is 0.0608. The van der Waals surface area contributed by atoms with Crippen LogP contribution < -0.4 is 5.32 Å². The number of aromatic hydroxyl groups is 1. The quantitative estimate of drug-likeness (QED) is 0.556. The van der Waals surface area contributed by atoms with Crippen LogP contribution in [0, 0.1) is 0 Å². The lowest BCUT2D eigenvalue weighted by molar-refractivity contribution is -0.125. The zero-order chi connectivity index (χ0) is 19.4. The molecule has 1 amide bonds. The van der Waals surface area contributed by atoms with Gasteiger partial charge in [-0.15, -0.1) is 0 Å². The summed E-state index contributed by atoms with van der Waals surface area (Å²) in [5.74, 6) is -1.61. The molecule has 0 saturated heterocycles. The third-order valence-electron chi connectivity index (χ3n) is 2.85. The minimum atomic E-state index is -4.99. The van der Waals surface area contributed by atoms with E-state index in [1.807, 2.05) is 5.32 Å². The van der Waals surface area contributed by atoms with Gasteiger partial charge in [0.25, 0.3) is 5.91 Å². The van der Waals surface area contributed by atoms with Crippen molar-refractivity contribution < 1.29 is 36.2 Å². The van der Waals surface area contributed by atoms with Crippen molar-refractivity contribution >= 4 is 17.5 Å². The summed E-state index contributed by atoms with van der Waals surface area (Å²) in [6.45, 7) is 0.875. The van der Waals surface area contributed by atoms with Gasteiger partial charge in [0.15, 0.2) is 0 Å². The topological polar surface area (TPSA) is 49.3 Å². The second-order valence-corrected chi connectivity index (χ2v) is 5.31. The third-order valence-corrected chi connectivity index (χ3v) is 3.08. The van der Waals surface area contributed by atoms with Crippen molar-refractivity contribution in [1.82, 2.24) is 5.32 Å². The fourth-order valence-electron chi connectivity index (χ4n) is 1.74. The van der Waals surface area contributed by atoms with E-state index >= 15 is 0 Å². The predicted octanol–water partition coefficient (Wildman–Crippen LogP) is 5.12. The first kappa shape index (κ1) is 20.9. The summed E-state index contributed by atoms with van der Waals surface area (Å²) in [6.07, 6.45) is -10.7. The number of phenols is 1. The Morgan fingerprint density at radius 3 is 2.36 bits per heavy atom. The van der Waals surface area contributed by atoms with Crippen molar-refractivity contribution in [2.45, 2.75) is 25.7 Å². The van der Waals surface area contributed by atoms with Crippen LogP contribution in [0.25, 0.3) is 0 Å². The first-order valence-electron chi connectivity index (χ1n) is 6.62. The van der Waals surface area contributed by atoms with E-state index in [4.69, 9.17) is 11.6 Å². The molecule has 2 N–H and O–H groups in total. The van der Waals surface area contributed by atoms with E-state index in [0.717, 1.165) is 19.1 Å². The summed E-state index contributed by atoms with van der Waals surface area (Å²) >= 11 is 5.64. The monoisotopic (exact) mass is 387 g/mol. The highest BCUT2D eigenvalue weighted by Crippen LogP contribution is 2.30. The van der Waals surface area contributed by atoms with Gasteiger partial charge in [-0.2, -0.15) is 26.3 Å². The van der Waals surface area contributed by atoms with Crippen LogP contribution in [-0.4, -0.2) is 23.4 Å². The summed E-state index contributed by atoms with van der Waals surface area (Å²) in [6, 6.07) is 3.37. The molecule has 0 radical (unpaired) electrons. The van der Waals surface area contributed by atoms with Gasteiger partial charge in [-0.05, 0) is 25.1 Å². The van der Waals surface area contributed by atoms with Gasteiger partial charge in [0.1, 0.15) is 5.75 Å². The van der Waals surface area contributed by atoms with Crippen LogP contribution in [0.15, 0.2) is 41.6 Å². The van der Waals surface area contributed by atoms with E-state index in [0.29, 0.717) is 6.08 Å². The Hall–Kier alpha value is -2.16. The minimum Gasteiger partial charge on any atom is -0.507 e. The molecule has 1 aromatic rings. The highest BCUT2D eigenvalue weighted by molar-refractivity contribution is 6.31. The Kier molecular flexibility index (Phi) is 6.53. The average molecular weight is 388 g/mol. The van der Waals surface area contributed by atoms with Crippen LogP contribution in [-0.2, 0) is 0 Å². The Balaban J connectivity index is 3.12. The maximum atomic E-state index is 13.0. The number of nitrogens with one attached hydrogen (secondary N) is 1. The number of halogens is 7. The Bertz CT molecular complexity index is 707. The number of carbonyl (C=O) groups is 1. The van der Waals surface area contributed by atoms with Gasteiger partial charge in [0, 0.05) is 10.7 Å². The van der Waals surface area contributed by atoms with Crippen molar-refractivity contribution in [3.63, 3.8) is 0 Å². The summed E-state index contributed by atoms with van der Waals surface area (Å²) in [5.41, 5.74) is -2.56. The van der Waals surface area contributed by atoms with E-state index < -0.39 is 41.7 Å². The molecule has 0 aliphatic heterocycles. The molecule has 0 unspecified atom stereocenters. The highest BCUT2D eigenvalue weighted by Gasteiger charge is 2.35. The van der Waals surface area contributed by atoms with E-state index in [2.05, 4.69) is 0 Å². The summed E-state index contributed by atoms with van der Waals surface area (Å²) < 4.78 is 75.1. The van der Waals surface area contributed by atoms with E-state index in [9.17, 15) is 36.2 Å². The summed E-state index contributed by atoms with van der Waals surface area (Å²) in [4.78, 5) is 12.0. The summed E-state index contributed by atoms with van der Waals surface area (Å²) in [7, 11) is 0. The number of carbonyl (C=O) groups excluding carboxylic acids is 1.